The second-order valence-electron chi connectivity index (χ2n) is 9.15. The van der Waals surface area contributed by atoms with Crippen LogP contribution < -0.4 is 21.3 Å². The normalized spacial score (nSPS) is 11.3. The molecule has 12 heteroatoms. The summed E-state index contributed by atoms with van der Waals surface area (Å²) in [6.07, 6.45) is 7.35. The van der Waals surface area contributed by atoms with Gasteiger partial charge in [0, 0.05) is 58.1 Å². The summed E-state index contributed by atoms with van der Waals surface area (Å²) in [6, 6.07) is 4.02. The molecule has 0 unspecified atom stereocenters. The molecule has 1 aromatic carbocycles. The van der Waals surface area contributed by atoms with E-state index in [2.05, 4.69) is 49.7 Å². The molecule has 1 aromatic heterocycles. The van der Waals surface area contributed by atoms with Gasteiger partial charge in [0.25, 0.3) is 0 Å². The van der Waals surface area contributed by atoms with E-state index in [1.165, 1.54) is 23.1 Å². The van der Waals surface area contributed by atoms with E-state index >= 15 is 0 Å². The van der Waals surface area contributed by atoms with Crippen LogP contribution in [0.2, 0.25) is 0 Å². The van der Waals surface area contributed by atoms with Crippen LogP contribution in [-0.2, 0) is 9.59 Å². The van der Waals surface area contributed by atoms with Crippen molar-refractivity contribution in [2.24, 2.45) is 0 Å². The Labute approximate surface area is 240 Å². The van der Waals surface area contributed by atoms with Crippen molar-refractivity contribution in [2.45, 2.75) is 18.9 Å². The van der Waals surface area contributed by atoms with Gasteiger partial charge in [0.15, 0.2) is 0 Å². The molecule has 11 nitrogen and oxygen atoms in total. The van der Waals surface area contributed by atoms with Gasteiger partial charge in [0.2, 0.25) is 23.7 Å². The summed E-state index contributed by atoms with van der Waals surface area (Å²) in [5.74, 6) is 5.35. The summed E-state index contributed by atoms with van der Waals surface area (Å²) < 4.78 is 13.4. The van der Waals surface area contributed by atoms with Crippen LogP contribution in [0.25, 0.3) is 0 Å². The molecule has 0 saturated carbocycles. The summed E-state index contributed by atoms with van der Waals surface area (Å²) in [5, 5.41) is 19.0. The van der Waals surface area contributed by atoms with Crippen molar-refractivity contribution in [3.63, 3.8) is 0 Å². The van der Waals surface area contributed by atoms with E-state index in [-0.39, 0.29) is 17.4 Å². The topological polar surface area (TPSA) is 138 Å². The number of carbonyl (C=O) groups excluding carboxylic acids is 2. The zero-order valence-electron chi connectivity index (χ0n) is 24.1. The predicted molar refractivity (Wildman–Crippen MR) is 162 cm³/mol. The molecule has 0 radical (unpaired) electrons. The molecule has 0 spiro atoms. The van der Waals surface area contributed by atoms with E-state index in [1.54, 1.807) is 45.5 Å². The number of nitrogens with one attached hydrogen (secondary N) is 5. The molecule has 2 rings (SSSR count). The minimum absolute atomic E-state index is 0.159. The van der Waals surface area contributed by atoms with Crippen molar-refractivity contribution in [3.05, 3.63) is 60.3 Å². The summed E-state index contributed by atoms with van der Waals surface area (Å²) in [7, 11) is 8.74. The van der Waals surface area contributed by atoms with Crippen LogP contribution in [0.3, 0.4) is 0 Å². The molecule has 1 heterocycles. The number of carbonyl (C=O) groups is 2. The summed E-state index contributed by atoms with van der Waals surface area (Å²) >= 11 is 0. The number of hydrogen-bond acceptors (Lipinski definition) is 9. The predicted octanol–water partition coefficient (Wildman–Crippen LogP) is 2.98. The molecule has 0 bridgehead atoms. The molecule has 0 aliphatic carbocycles. The maximum absolute atomic E-state index is 13.4. The second kappa shape index (κ2) is 16.4. The molecule has 5 N–H and O–H groups in total. The number of aromatic nitrogens is 2. The highest BCUT2D eigenvalue weighted by Crippen LogP contribution is 2.24. The van der Waals surface area contributed by atoms with Crippen molar-refractivity contribution < 1.29 is 14.0 Å². The first-order valence-corrected chi connectivity index (χ1v) is 13.0. The zero-order chi connectivity index (χ0) is 30.4. The van der Waals surface area contributed by atoms with Crippen LogP contribution in [-0.4, -0.2) is 91.9 Å². The molecule has 0 fully saturated rings. The number of rotatable bonds is 14. The number of hydrogen-bond donors (Lipinski definition) is 5. The average molecular weight is 564 g/mol. The van der Waals surface area contributed by atoms with Gasteiger partial charge >= 0.3 is 0 Å². The standard InChI is InChI=1S/C29H38FN9O2/c1-7-24(39(6)25(40)13-11-17-38(4)5)28(41)34-16-10-8-9-12-20-19-35-29(37-27(20)33-3)36-21-14-15-22(26(30)31)23(18-21)32-2/h7,11,13-15,18-19,24,31-32H,1,8,10,16-17H2,2-6H3,(H,34,41)(H2,33,35,36,37)/b13-11+,31-26?/t24-/m0/s1. The first-order valence-electron chi connectivity index (χ1n) is 13.0. The van der Waals surface area contributed by atoms with Gasteiger partial charge in [-0.25, -0.2) is 4.98 Å². The lowest BCUT2D eigenvalue weighted by Crippen LogP contribution is -2.46. The monoisotopic (exact) mass is 563 g/mol. The molecule has 41 heavy (non-hydrogen) atoms. The lowest BCUT2D eigenvalue weighted by Gasteiger charge is -2.23. The van der Waals surface area contributed by atoms with E-state index in [4.69, 9.17) is 5.41 Å². The number of unbranched alkanes of at least 4 members (excludes halogenated alkanes) is 1. The Morgan fingerprint density at radius 2 is 1.98 bits per heavy atom. The van der Waals surface area contributed by atoms with Gasteiger partial charge in [0.05, 0.1) is 17.3 Å². The molecule has 0 aliphatic rings. The van der Waals surface area contributed by atoms with Crippen LogP contribution in [0.4, 0.5) is 27.5 Å². The molecular formula is C29H38FN9O2. The zero-order valence-corrected chi connectivity index (χ0v) is 24.1. The fourth-order valence-corrected chi connectivity index (χ4v) is 3.58. The third-order valence-corrected chi connectivity index (χ3v) is 5.80. The fourth-order valence-electron chi connectivity index (χ4n) is 3.58. The molecule has 218 valence electrons. The van der Waals surface area contributed by atoms with Crippen molar-refractivity contribution in [1.29, 1.82) is 5.41 Å². The largest absolute Gasteiger partial charge is 0.387 e. The van der Waals surface area contributed by atoms with Crippen LogP contribution in [0.15, 0.2) is 49.2 Å². The van der Waals surface area contributed by atoms with Gasteiger partial charge in [-0.2, -0.15) is 9.37 Å². The maximum atomic E-state index is 13.4. The average Bonchev–Trinajstić information content (AvgIpc) is 2.95. The highest BCUT2D eigenvalue weighted by molar-refractivity contribution is 5.97. The molecule has 0 aliphatic heterocycles. The van der Waals surface area contributed by atoms with E-state index < -0.39 is 12.0 Å². The van der Waals surface area contributed by atoms with Gasteiger partial charge in [-0.1, -0.05) is 24.0 Å². The molecule has 0 saturated heterocycles. The van der Waals surface area contributed by atoms with Gasteiger partial charge in [-0.05, 0) is 38.7 Å². The van der Waals surface area contributed by atoms with Crippen LogP contribution in [0.5, 0.6) is 0 Å². The molecule has 2 aromatic rings. The lowest BCUT2D eigenvalue weighted by molar-refractivity contribution is -0.133. The molecular weight excluding hydrogens is 525 g/mol. The first-order chi connectivity index (χ1) is 19.6. The van der Waals surface area contributed by atoms with E-state index in [0.29, 0.717) is 54.6 Å². The lowest BCUT2D eigenvalue weighted by atomic mass is 10.1. The molecule has 1 atom stereocenters. The number of nitrogens with zero attached hydrogens (tertiary/aromatic N) is 4. The summed E-state index contributed by atoms with van der Waals surface area (Å²) in [6.45, 7) is 4.71. The van der Waals surface area contributed by atoms with Crippen molar-refractivity contribution >= 4 is 40.9 Å². The smallest absolute Gasteiger partial charge is 0.246 e. The Bertz CT molecular complexity index is 1330. The third-order valence-electron chi connectivity index (χ3n) is 5.80. The van der Waals surface area contributed by atoms with Gasteiger partial charge in [-0.3, -0.25) is 15.0 Å². The van der Waals surface area contributed by atoms with E-state index in [0.717, 1.165) is 0 Å². The number of likely N-dealkylation sites (N-methyl/N-ethyl adjacent to an activating group) is 2. The minimum atomic E-state index is -1.02. The van der Waals surface area contributed by atoms with Crippen molar-refractivity contribution in [1.82, 2.24) is 25.1 Å². The van der Waals surface area contributed by atoms with Crippen molar-refractivity contribution in [2.75, 3.05) is 64.3 Å². The van der Waals surface area contributed by atoms with Gasteiger partial charge in [0.1, 0.15) is 11.9 Å². The van der Waals surface area contributed by atoms with E-state index in [1.807, 2.05) is 19.0 Å². The van der Waals surface area contributed by atoms with Crippen molar-refractivity contribution in [3.8, 4) is 11.8 Å². The Hall–Kier alpha value is -4.76. The minimum Gasteiger partial charge on any atom is -0.387 e. The quantitative estimate of drug-likeness (QED) is 0.0778. The summed E-state index contributed by atoms with van der Waals surface area (Å²) in [5.41, 5.74) is 1.85. The highest BCUT2D eigenvalue weighted by Gasteiger charge is 2.22. The molecule has 2 amide bonds. The number of benzene rings is 1. The maximum Gasteiger partial charge on any atom is 0.246 e. The van der Waals surface area contributed by atoms with Crippen LogP contribution in [0.1, 0.15) is 24.0 Å². The number of amides is 2. The fraction of sp³-hybridized carbons (Fsp3) is 0.345. The Kier molecular flexibility index (Phi) is 13.0. The Morgan fingerprint density at radius 3 is 2.61 bits per heavy atom. The van der Waals surface area contributed by atoms with Crippen LogP contribution in [0, 0.1) is 17.3 Å². The second-order valence-corrected chi connectivity index (χ2v) is 9.15. The van der Waals surface area contributed by atoms with Gasteiger partial charge in [-0.15, -0.1) is 6.58 Å². The SMILES string of the molecule is C=C[C@@H](C(=O)NCCCC#Cc1cnc(Nc2ccc(C(=N)F)c(NC)c2)nc1NC)N(C)C(=O)/C=C/CN(C)C. The Morgan fingerprint density at radius 1 is 1.22 bits per heavy atom. The highest BCUT2D eigenvalue weighted by atomic mass is 19.1. The van der Waals surface area contributed by atoms with Crippen LogP contribution >= 0.6 is 0 Å². The first kappa shape index (κ1) is 32.5. The van der Waals surface area contributed by atoms with E-state index in [9.17, 15) is 14.0 Å². The number of anilines is 4. The Balaban J connectivity index is 1.91. The third kappa shape index (κ3) is 10.1. The number of halogens is 1. The summed E-state index contributed by atoms with van der Waals surface area (Å²) in [4.78, 5) is 36.9. The van der Waals surface area contributed by atoms with Gasteiger partial charge < -0.3 is 31.1 Å².